The number of aliphatic hydroxyl groups excluding tert-OH is 1. The van der Waals surface area contributed by atoms with Crippen molar-refractivity contribution < 1.29 is 19.4 Å². The number of rotatable bonds is 6. The van der Waals surface area contributed by atoms with E-state index in [1.54, 1.807) is 7.11 Å². The second-order valence-corrected chi connectivity index (χ2v) is 5.74. The number of benzene rings is 1. The van der Waals surface area contributed by atoms with Crippen LogP contribution in [-0.4, -0.2) is 55.9 Å². The lowest BCUT2D eigenvalue weighted by molar-refractivity contribution is -0.136. The zero-order valence-corrected chi connectivity index (χ0v) is 13.8. The molecule has 5 heteroatoms. The Kier molecular flexibility index (Phi) is 6.62. The van der Waals surface area contributed by atoms with Crippen molar-refractivity contribution in [1.82, 2.24) is 4.90 Å². The van der Waals surface area contributed by atoms with E-state index in [2.05, 4.69) is 4.90 Å². The summed E-state index contributed by atoms with van der Waals surface area (Å²) < 4.78 is 10.1. The summed E-state index contributed by atoms with van der Waals surface area (Å²) in [4.78, 5) is 14.3. The third kappa shape index (κ3) is 4.81. The van der Waals surface area contributed by atoms with Crippen molar-refractivity contribution in [2.75, 3.05) is 33.9 Å². The number of methoxy groups -OCH3 is 2. The first-order valence-electron chi connectivity index (χ1n) is 7.95. The molecule has 0 radical (unpaired) electrons. The molecule has 0 aromatic heterocycles. The van der Waals surface area contributed by atoms with Crippen molar-refractivity contribution >= 4 is 12.0 Å². The molecule has 126 valence electrons. The number of likely N-dealkylation sites (tertiary alicyclic amines) is 1. The van der Waals surface area contributed by atoms with E-state index in [-0.39, 0.29) is 18.6 Å². The molecular weight excluding hydrogens is 294 g/mol. The number of hydrogen-bond donors (Lipinski definition) is 1. The summed E-state index contributed by atoms with van der Waals surface area (Å²) in [6.07, 6.45) is 5.00. The molecule has 1 N–H and O–H groups in total. The van der Waals surface area contributed by atoms with Crippen LogP contribution in [0.1, 0.15) is 24.8 Å². The van der Waals surface area contributed by atoms with Gasteiger partial charge in [-0.3, -0.25) is 4.90 Å². The summed E-state index contributed by atoms with van der Waals surface area (Å²) in [5, 5.41) is 9.53. The smallest absolute Gasteiger partial charge is 0.335 e. The predicted molar refractivity (Wildman–Crippen MR) is 89.3 cm³/mol. The van der Waals surface area contributed by atoms with Crippen LogP contribution in [0.4, 0.5) is 0 Å². The fourth-order valence-corrected chi connectivity index (χ4v) is 2.93. The van der Waals surface area contributed by atoms with Crippen molar-refractivity contribution in [3.05, 3.63) is 35.4 Å². The molecule has 0 spiro atoms. The first-order chi connectivity index (χ1) is 11.2. The Morgan fingerprint density at radius 3 is 2.91 bits per heavy atom. The van der Waals surface area contributed by atoms with Gasteiger partial charge in [-0.15, -0.1) is 0 Å². The van der Waals surface area contributed by atoms with E-state index in [4.69, 9.17) is 9.47 Å². The van der Waals surface area contributed by atoms with Gasteiger partial charge in [-0.25, -0.2) is 4.79 Å². The number of ether oxygens (including phenoxy) is 2. The van der Waals surface area contributed by atoms with Crippen LogP contribution < -0.4 is 4.74 Å². The second-order valence-electron chi connectivity index (χ2n) is 5.74. The summed E-state index contributed by atoms with van der Waals surface area (Å²) in [7, 11) is 3.01. The lowest BCUT2D eigenvalue weighted by Gasteiger charge is -2.34. The van der Waals surface area contributed by atoms with Crippen molar-refractivity contribution in [2.45, 2.75) is 25.3 Å². The van der Waals surface area contributed by atoms with E-state index in [1.807, 2.05) is 30.3 Å². The number of hydrogen-bond acceptors (Lipinski definition) is 5. The van der Waals surface area contributed by atoms with Gasteiger partial charge in [-0.05, 0) is 43.2 Å². The fourth-order valence-electron chi connectivity index (χ4n) is 2.93. The van der Waals surface area contributed by atoms with Crippen molar-refractivity contribution in [3.8, 4) is 5.75 Å². The van der Waals surface area contributed by atoms with Crippen LogP contribution in [0, 0.1) is 0 Å². The van der Waals surface area contributed by atoms with Gasteiger partial charge in [0.05, 0.1) is 26.4 Å². The predicted octanol–water partition coefficient (Wildman–Crippen LogP) is 2.10. The molecular formula is C18H25NO4. The molecule has 0 amide bonds. The minimum Gasteiger partial charge on any atom is -0.497 e. The normalized spacial score (nSPS) is 19.4. The molecule has 1 atom stereocenters. The molecule has 1 aliphatic rings. The molecule has 1 aliphatic heterocycles. The molecule has 1 fully saturated rings. The van der Waals surface area contributed by atoms with Gasteiger partial charge in [0.15, 0.2) is 0 Å². The minimum atomic E-state index is -0.338. The second kappa shape index (κ2) is 8.70. The average molecular weight is 319 g/mol. The summed E-state index contributed by atoms with van der Waals surface area (Å²) >= 11 is 0. The topological polar surface area (TPSA) is 59.0 Å². The van der Waals surface area contributed by atoms with Crippen molar-refractivity contribution in [2.24, 2.45) is 0 Å². The van der Waals surface area contributed by atoms with Gasteiger partial charge >= 0.3 is 5.97 Å². The van der Waals surface area contributed by atoms with Gasteiger partial charge in [0.2, 0.25) is 0 Å². The summed E-state index contributed by atoms with van der Waals surface area (Å²) in [6, 6.07) is 7.66. The average Bonchev–Trinajstić information content (AvgIpc) is 2.61. The quantitative estimate of drug-likeness (QED) is 0.643. The Balaban J connectivity index is 2.22. The number of carbonyl (C=O) groups excluding carboxylic acids is 1. The Hall–Kier alpha value is -1.85. The number of nitrogens with zero attached hydrogens (tertiary/aromatic N) is 1. The van der Waals surface area contributed by atoms with Gasteiger partial charge in [-0.2, -0.15) is 0 Å². The third-order valence-electron chi connectivity index (χ3n) is 4.22. The van der Waals surface area contributed by atoms with Gasteiger partial charge in [0.1, 0.15) is 5.75 Å². The van der Waals surface area contributed by atoms with Crippen LogP contribution >= 0.6 is 0 Å². The number of aliphatic hydroxyl groups is 1. The first kappa shape index (κ1) is 17.5. The highest BCUT2D eigenvalue weighted by molar-refractivity contribution is 5.94. The zero-order valence-electron chi connectivity index (χ0n) is 13.8. The van der Waals surface area contributed by atoms with Crippen LogP contribution in [-0.2, 0) is 9.53 Å². The lowest BCUT2D eigenvalue weighted by Crippen LogP contribution is -2.43. The van der Waals surface area contributed by atoms with Gasteiger partial charge < -0.3 is 14.6 Å². The van der Waals surface area contributed by atoms with E-state index >= 15 is 0 Å². The fraction of sp³-hybridized carbons (Fsp3) is 0.500. The highest BCUT2D eigenvalue weighted by Gasteiger charge is 2.24. The molecule has 23 heavy (non-hydrogen) atoms. The maximum Gasteiger partial charge on any atom is 0.335 e. The lowest BCUT2D eigenvalue weighted by atomic mass is 10.0. The van der Waals surface area contributed by atoms with Crippen molar-refractivity contribution in [3.63, 3.8) is 0 Å². The van der Waals surface area contributed by atoms with E-state index < -0.39 is 0 Å². The molecule has 1 heterocycles. The Labute approximate surface area is 137 Å². The molecule has 5 nitrogen and oxygen atoms in total. The molecule has 1 aromatic carbocycles. The zero-order chi connectivity index (χ0) is 16.7. The Morgan fingerprint density at radius 2 is 2.22 bits per heavy atom. The monoisotopic (exact) mass is 319 g/mol. The Bertz CT molecular complexity index is 556. The van der Waals surface area contributed by atoms with Gasteiger partial charge in [0.25, 0.3) is 0 Å². The number of carbonyl (C=O) groups is 1. The molecule has 0 saturated carbocycles. The van der Waals surface area contributed by atoms with Crippen LogP contribution in [0.3, 0.4) is 0 Å². The van der Waals surface area contributed by atoms with Crippen LogP contribution in [0.5, 0.6) is 5.75 Å². The standard InChI is InChI=1S/C18H25NO4/c1-22-17-8-5-6-14(11-17)10-15(18(21)23-2)12-19-9-4-3-7-16(19)13-20/h5-6,8,10-11,16,20H,3-4,7,9,12-13H2,1-2H3/b15-10-. The summed E-state index contributed by atoms with van der Waals surface area (Å²) in [5.74, 6) is 0.407. The largest absolute Gasteiger partial charge is 0.497 e. The van der Waals surface area contributed by atoms with E-state index in [0.717, 1.165) is 37.1 Å². The van der Waals surface area contributed by atoms with E-state index in [1.165, 1.54) is 7.11 Å². The number of piperidine rings is 1. The van der Waals surface area contributed by atoms with Crippen LogP contribution in [0.2, 0.25) is 0 Å². The highest BCUT2D eigenvalue weighted by Crippen LogP contribution is 2.20. The maximum atomic E-state index is 12.1. The van der Waals surface area contributed by atoms with E-state index in [9.17, 15) is 9.90 Å². The molecule has 2 rings (SSSR count). The Morgan fingerprint density at radius 1 is 1.39 bits per heavy atom. The highest BCUT2D eigenvalue weighted by atomic mass is 16.5. The molecule has 1 aromatic rings. The van der Waals surface area contributed by atoms with Crippen LogP contribution in [0.25, 0.3) is 6.08 Å². The third-order valence-corrected chi connectivity index (χ3v) is 4.22. The molecule has 1 unspecified atom stereocenters. The number of esters is 1. The van der Waals surface area contributed by atoms with Crippen LogP contribution in [0.15, 0.2) is 29.8 Å². The van der Waals surface area contributed by atoms with Crippen molar-refractivity contribution in [1.29, 1.82) is 0 Å². The van der Waals surface area contributed by atoms with Gasteiger partial charge in [0, 0.05) is 12.6 Å². The molecule has 0 bridgehead atoms. The van der Waals surface area contributed by atoms with E-state index in [0.29, 0.717) is 12.1 Å². The summed E-state index contributed by atoms with van der Waals surface area (Å²) in [6.45, 7) is 1.49. The molecule has 1 saturated heterocycles. The maximum absolute atomic E-state index is 12.1. The summed E-state index contributed by atoms with van der Waals surface area (Å²) in [5.41, 5.74) is 1.48. The van der Waals surface area contributed by atoms with Gasteiger partial charge in [-0.1, -0.05) is 18.6 Å². The SMILES string of the molecule is COC(=O)/C(=C\c1cccc(OC)c1)CN1CCCCC1CO. The minimum absolute atomic E-state index is 0.113. The molecule has 0 aliphatic carbocycles. The first-order valence-corrected chi connectivity index (χ1v) is 7.95.